The molecule has 2 N–H and O–H groups in total. The summed E-state index contributed by atoms with van der Waals surface area (Å²) in [5.74, 6) is 1.60. The molecule has 23 heavy (non-hydrogen) atoms. The number of carbonyl (C=O) groups is 1. The van der Waals surface area contributed by atoms with Crippen LogP contribution in [0.5, 0.6) is 11.5 Å². The van der Waals surface area contributed by atoms with Gasteiger partial charge in [-0.2, -0.15) is 0 Å². The molecule has 0 unspecified atom stereocenters. The normalized spacial score (nSPS) is 10.0. The van der Waals surface area contributed by atoms with Gasteiger partial charge in [-0.1, -0.05) is 12.1 Å². The first-order valence-electron chi connectivity index (χ1n) is 7.48. The molecule has 0 fully saturated rings. The van der Waals surface area contributed by atoms with Gasteiger partial charge in [0.25, 0.3) is 0 Å². The highest BCUT2D eigenvalue weighted by atomic mass is 16.5. The number of ether oxygens (including phenoxy) is 2. The van der Waals surface area contributed by atoms with Crippen molar-refractivity contribution >= 4 is 11.7 Å². The quantitative estimate of drug-likeness (QED) is 0.802. The van der Waals surface area contributed by atoms with Gasteiger partial charge in [0.05, 0.1) is 13.7 Å². The molecule has 0 aliphatic rings. The average molecular weight is 314 g/mol. The van der Waals surface area contributed by atoms with E-state index < -0.39 is 0 Å². The van der Waals surface area contributed by atoms with Crippen LogP contribution in [0, 0.1) is 13.8 Å². The second kappa shape index (κ2) is 8.08. The summed E-state index contributed by atoms with van der Waals surface area (Å²) >= 11 is 0. The molecule has 0 spiro atoms. The highest BCUT2D eigenvalue weighted by Crippen LogP contribution is 2.20. The summed E-state index contributed by atoms with van der Waals surface area (Å²) in [5.41, 5.74) is 3.02. The number of benzene rings is 2. The molecule has 0 radical (unpaired) electrons. The third-order valence-corrected chi connectivity index (χ3v) is 3.55. The van der Waals surface area contributed by atoms with Gasteiger partial charge in [0.1, 0.15) is 18.1 Å². The summed E-state index contributed by atoms with van der Waals surface area (Å²) in [6, 6.07) is 12.8. The van der Waals surface area contributed by atoms with Crippen LogP contribution in [-0.4, -0.2) is 26.3 Å². The van der Waals surface area contributed by atoms with Gasteiger partial charge in [0, 0.05) is 5.69 Å². The predicted molar refractivity (Wildman–Crippen MR) is 91.4 cm³/mol. The first-order chi connectivity index (χ1) is 11.1. The molecular formula is C18H22N2O3. The Morgan fingerprint density at radius 2 is 1.83 bits per heavy atom. The molecule has 0 saturated heterocycles. The Kier molecular flexibility index (Phi) is 5.86. The van der Waals surface area contributed by atoms with Crippen molar-refractivity contribution in [2.75, 3.05) is 25.6 Å². The number of carbonyl (C=O) groups excluding carboxylic acids is 1. The largest absolute Gasteiger partial charge is 0.497 e. The highest BCUT2D eigenvalue weighted by Gasteiger charge is 2.03. The van der Waals surface area contributed by atoms with Gasteiger partial charge < -0.3 is 20.1 Å². The number of urea groups is 1. The lowest BCUT2D eigenvalue weighted by Gasteiger charge is -2.12. The molecule has 0 aromatic heterocycles. The number of hydrogen-bond acceptors (Lipinski definition) is 3. The molecule has 0 saturated carbocycles. The van der Waals surface area contributed by atoms with E-state index >= 15 is 0 Å². The molecule has 0 aliphatic heterocycles. The molecule has 2 aromatic rings. The zero-order valence-electron chi connectivity index (χ0n) is 13.7. The van der Waals surface area contributed by atoms with Crippen LogP contribution in [0.2, 0.25) is 0 Å². The number of amides is 2. The SMILES string of the molecule is COc1ccc(NC(=O)NCCOc2cccc(C)c2C)cc1. The predicted octanol–water partition coefficient (Wildman–Crippen LogP) is 3.51. The zero-order valence-corrected chi connectivity index (χ0v) is 13.7. The van der Waals surface area contributed by atoms with Gasteiger partial charge in [-0.3, -0.25) is 0 Å². The number of methoxy groups -OCH3 is 1. The number of hydrogen-bond donors (Lipinski definition) is 2. The van der Waals surface area contributed by atoms with E-state index in [4.69, 9.17) is 9.47 Å². The Bertz CT molecular complexity index is 654. The number of aryl methyl sites for hydroxylation is 1. The van der Waals surface area contributed by atoms with Crippen LogP contribution in [0.3, 0.4) is 0 Å². The van der Waals surface area contributed by atoms with Gasteiger partial charge in [-0.25, -0.2) is 4.79 Å². The van der Waals surface area contributed by atoms with Crippen LogP contribution in [0.1, 0.15) is 11.1 Å². The van der Waals surface area contributed by atoms with Crippen molar-refractivity contribution in [3.05, 3.63) is 53.6 Å². The fraction of sp³-hybridized carbons (Fsp3) is 0.278. The minimum absolute atomic E-state index is 0.264. The van der Waals surface area contributed by atoms with E-state index in [-0.39, 0.29) is 6.03 Å². The van der Waals surface area contributed by atoms with Gasteiger partial charge in [-0.15, -0.1) is 0 Å². The highest BCUT2D eigenvalue weighted by molar-refractivity contribution is 5.89. The standard InChI is InChI=1S/C18H22N2O3/c1-13-5-4-6-17(14(13)2)23-12-11-19-18(21)20-15-7-9-16(22-3)10-8-15/h4-10H,11-12H2,1-3H3,(H2,19,20,21). The summed E-state index contributed by atoms with van der Waals surface area (Å²) in [5, 5.41) is 5.51. The molecule has 2 amide bonds. The molecule has 5 heteroatoms. The van der Waals surface area contributed by atoms with Crippen molar-refractivity contribution in [2.45, 2.75) is 13.8 Å². The Balaban J connectivity index is 1.73. The van der Waals surface area contributed by atoms with Gasteiger partial charge in [0.15, 0.2) is 0 Å². The molecule has 0 heterocycles. The Morgan fingerprint density at radius 1 is 1.09 bits per heavy atom. The molecule has 122 valence electrons. The minimum atomic E-state index is -0.264. The van der Waals surface area contributed by atoms with E-state index in [0.717, 1.165) is 17.1 Å². The summed E-state index contributed by atoms with van der Waals surface area (Å²) in [4.78, 5) is 11.8. The van der Waals surface area contributed by atoms with Crippen LogP contribution in [0.25, 0.3) is 0 Å². The van der Waals surface area contributed by atoms with Crippen molar-refractivity contribution < 1.29 is 14.3 Å². The molecule has 2 rings (SSSR count). The van der Waals surface area contributed by atoms with Crippen LogP contribution < -0.4 is 20.1 Å². The monoisotopic (exact) mass is 314 g/mol. The first kappa shape index (κ1) is 16.7. The van der Waals surface area contributed by atoms with E-state index in [9.17, 15) is 4.79 Å². The summed E-state index contributed by atoms with van der Waals surface area (Å²) in [6.45, 7) is 4.91. The van der Waals surface area contributed by atoms with Gasteiger partial charge >= 0.3 is 6.03 Å². The number of rotatable bonds is 6. The smallest absolute Gasteiger partial charge is 0.319 e. The van der Waals surface area contributed by atoms with Crippen LogP contribution in [-0.2, 0) is 0 Å². The van der Waals surface area contributed by atoms with Gasteiger partial charge in [0.2, 0.25) is 0 Å². The second-order valence-corrected chi connectivity index (χ2v) is 5.16. The molecule has 0 bridgehead atoms. The van der Waals surface area contributed by atoms with Crippen molar-refractivity contribution in [3.8, 4) is 11.5 Å². The lowest BCUT2D eigenvalue weighted by atomic mass is 10.1. The van der Waals surface area contributed by atoms with E-state index in [1.807, 2.05) is 32.0 Å². The summed E-state index contributed by atoms with van der Waals surface area (Å²) in [6.07, 6.45) is 0. The summed E-state index contributed by atoms with van der Waals surface area (Å²) < 4.78 is 10.8. The second-order valence-electron chi connectivity index (χ2n) is 5.16. The van der Waals surface area contributed by atoms with Crippen LogP contribution in [0.15, 0.2) is 42.5 Å². The number of nitrogens with one attached hydrogen (secondary N) is 2. The fourth-order valence-corrected chi connectivity index (χ4v) is 2.06. The van der Waals surface area contributed by atoms with Crippen molar-refractivity contribution in [3.63, 3.8) is 0 Å². The molecule has 0 atom stereocenters. The van der Waals surface area contributed by atoms with E-state index in [2.05, 4.69) is 10.6 Å². The third kappa shape index (κ3) is 4.92. The third-order valence-electron chi connectivity index (χ3n) is 3.55. The first-order valence-corrected chi connectivity index (χ1v) is 7.48. The fourth-order valence-electron chi connectivity index (χ4n) is 2.06. The molecule has 0 aliphatic carbocycles. The molecular weight excluding hydrogens is 292 g/mol. The Hall–Kier alpha value is -2.69. The van der Waals surface area contributed by atoms with E-state index in [1.54, 1.807) is 31.4 Å². The Morgan fingerprint density at radius 3 is 2.52 bits per heavy atom. The zero-order chi connectivity index (χ0) is 16.7. The maximum Gasteiger partial charge on any atom is 0.319 e. The van der Waals surface area contributed by atoms with E-state index in [0.29, 0.717) is 18.8 Å². The van der Waals surface area contributed by atoms with Crippen molar-refractivity contribution in [1.82, 2.24) is 5.32 Å². The summed E-state index contributed by atoms with van der Waals surface area (Å²) in [7, 11) is 1.60. The lowest BCUT2D eigenvalue weighted by Crippen LogP contribution is -2.32. The van der Waals surface area contributed by atoms with Gasteiger partial charge in [-0.05, 0) is 55.3 Å². The minimum Gasteiger partial charge on any atom is -0.497 e. The average Bonchev–Trinajstić information content (AvgIpc) is 2.56. The lowest BCUT2D eigenvalue weighted by molar-refractivity contribution is 0.247. The Labute approximate surface area is 136 Å². The van der Waals surface area contributed by atoms with Crippen molar-refractivity contribution in [1.29, 1.82) is 0 Å². The maximum absolute atomic E-state index is 11.8. The molecule has 2 aromatic carbocycles. The van der Waals surface area contributed by atoms with E-state index in [1.165, 1.54) is 5.56 Å². The van der Waals surface area contributed by atoms with Crippen molar-refractivity contribution in [2.24, 2.45) is 0 Å². The molecule has 5 nitrogen and oxygen atoms in total. The topological polar surface area (TPSA) is 59.6 Å². The van der Waals surface area contributed by atoms with Crippen LogP contribution >= 0.6 is 0 Å². The maximum atomic E-state index is 11.8. The number of anilines is 1. The van der Waals surface area contributed by atoms with Crippen LogP contribution in [0.4, 0.5) is 10.5 Å².